The lowest BCUT2D eigenvalue weighted by Gasteiger charge is -2.18. The summed E-state index contributed by atoms with van der Waals surface area (Å²) in [5.41, 5.74) is 2.07. The van der Waals surface area contributed by atoms with Gasteiger partial charge in [0.2, 0.25) is 0 Å². The molecule has 3 aromatic carbocycles. The smallest absolute Gasteiger partial charge is 0.490 e. The third kappa shape index (κ3) is 11.3. The highest BCUT2D eigenvalue weighted by atomic mass is 19.4. The minimum atomic E-state index is -5.08. The zero-order chi connectivity index (χ0) is 32.8. The summed E-state index contributed by atoms with van der Waals surface area (Å²) >= 11 is 0. The minimum Gasteiger partial charge on any atom is -0.494 e. The first-order valence-electron chi connectivity index (χ1n) is 13.5. The normalized spacial score (nSPS) is 11.4. The molecule has 0 spiro atoms. The highest BCUT2D eigenvalue weighted by Crippen LogP contribution is 2.26. The number of aromatic nitrogens is 1. The molecule has 4 rings (SSSR count). The molecule has 0 radical (unpaired) electrons. The Morgan fingerprint density at radius 3 is 2.20 bits per heavy atom. The molecular weight excluding hydrogens is 598 g/mol. The van der Waals surface area contributed by atoms with Crippen molar-refractivity contribution in [2.24, 2.45) is 0 Å². The van der Waals surface area contributed by atoms with E-state index in [0.717, 1.165) is 12.2 Å². The summed E-state index contributed by atoms with van der Waals surface area (Å²) in [5.74, 6) is -3.24. The lowest BCUT2D eigenvalue weighted by Crippen LogP contribution is -2.30. The Hall–Kier alpha value is -5.46. The number of hydrogen-bond donors (Lipinski definition) is 4. The highest BCUT2D eigenvalue weighted by Gasteiger charge is 2.38. The van der Waals surface area contributed by atoms with Gasteiger partial charge in [0.25, 0.3) is 5.91 Å². The predicted octanol–water partition coefficient (Wildman–Crippen LogP) is 6.35. The van der Waals surface area contributed by atoms with Crippen molar-refractivity contribution in [3.05, 3.63) is 114 Å². The number of aliphatic carboxylic acids is 2. The van der Waals surface area contributed by atoms with Crippen molar-refractivity contribution in [2.45, 2.75) is 25.1 Å². The van der Waals surface area contributed by atoms with Gasteiger partial charge in [-0.15, -0.1) is 0 Å². The molecule has 0 aliphatic heterocycles. The van der Waals surface area contributed by atoms with Crippen LogP contribution in [0, 0.1) is 5.82 Å². The van der Waals surface area contributed by atoms with Gasteiger partial charge in [0.15, 0.2) is 0 Å². The summed E-state index contributed by atoms with van der Waals surface area (Å²) in [6.45, 7) is 1.13. The van der Waals surface area contributed by atoms with E-state index in [9.17, 15) is 32.3 Å². The van der Waals surface area contributed by atoms with Crippen molar-refractivity contribution in [3.63, 3.8) is 0 Å². The van der Waals surface area contributed by atoms with E-state index in [1.165, 1.54) is 6.07 Å². The monoisotopic (exact) mass is 627 g/mol. The Kier molecular flexibility index (Phi) is 12.4. The summed E-state index contributed by atoms with van der Waals surface area (Å²) in [6, 6.07) is 24.9. The molecule has 0 aliphatic rings. The Bertz CT molecular complexity index is 1570. The number of ether oxygens (including phenoxy) is 1. The fourth-order valence-corrected chi connectivity index (χ4v) is 3.93. The van der Waals surface area contributed by atoms with Crippen LogP contribution in [-0.4, -0.2) is 52.4 Å². The predicted molar refractivity (Wildman–Crippen MR) is 157 cm³/mol. The van der Waals surface area contributed by atoms with Gasteiger partial charge in [-0.05, 0) is 53.9 Å². The molecule has 13 heteroatoms. The number of benzene rings is 3. The van der Waals surface area contributed by atoms with Crippen molar-refractivity contribution >= 4 is 23.7 Å². The number of hydrogen-bond acceptors (Lipinski definition) is 6. The summed E-state index contributed by atoms with van der Waals surface area (Å²) in [6.07, 6.45) is -2.93. The fourth-order valence-electron chi connectivity index (χ4n) is 3.93. The highest BCUT2D eigenvalue weighted by molar-refractivity contribution is 5.95. The summed E-state index contributed by atoms with van der Waals surface area (Å²) in [7, 11) is 0. The fraction of sp³-hybridized carbons (Fsp3) is 0.188. The molecule has 0 saturated heterocycles. The van der Waals surface area contributed by atoms with Crippen LogP contribution in [-0.2, 0) is 9.59 Å². The van der Waals surface area contributed by atoms with E-state index in [4.69, 9.17) is 14.6 Å². The molecule has 4 aromatic rings. The Balaban J connectivity index is 0.000000707. The topological polar surface area (TPSA) is 138 Å². The van der Waals surface area contributed by atoms with Crippen LogP contribution in [0.1, 0.15) is 34.8 Å². The molecule has 0 saturated carbocycles. The molecule has 1 unspecified atom stereocenters. The molecule has 0 bridgehead atoms. The van der Waals surface area contributed by atoms with Crippen LogP contribution in [0.15, 0.2) is 97.2 Å². The maximum absolute atomic E-state index is 14.1. The Morgan fingerprint density at radius 2 is 1.58 bits per heavy atom. The first kappa shape index (κ1) is 34.0. The number of nitrogens with zero attached hydrogens (tertiary/aromatic N) is 1. The number of carboxylic acids is 2. The average Bonchev–Trinajstić information content (AvgIpc) is 3.01. The maximum atomic E-state index is 14.1. The van der Waals surface area contributed by atoms with Crippen LogP contribution in [0.5, 0.6) is 5.75 Å². The number of alkyl halides is 3. The number of halogens is 4. The van der Waals surface area contributed by atoms with E-state index in [1.54, 1.807) is 72.9 Å². The number of amides is 1. The Morgan fingerprint density at radius 1 is 0.889 bits per heavy atom. The standard InChI is InChI=1S/C30H28FN3O4.C2HF3O2/c31-26-10-2-1-9-25(26)21-12-14-22(15-13-21)27(20-29(35)36)34-30(37)23-7-5-8-24(19-23)38-18-6-17-33-28-11-3-4-16-32-28;3-2(4,5)1(6)7/h1-5,7-16,19,27H,6,17-18,20H2,(H,32,33)(H,34,37)(H,35,36);(H,6,7). The summed E-state index contributed by atoms with van der Waals surface area (Å²) in [5, 5.41) is 22.6. The van der Waals surface area contributed by atoms with Gasteiger partial charge in [-0.1, -0.05) is 54.6 Å². The van der Waals surface area contributed by atoms with E-state index in [-0.39, 0.29) is 12.2 Å². The van der Waals surface area contributed by atoms with Crippen molar-refractivity contribution in [1.82, 2.24) is 10.3 Å². The third-order valence-electron chi connectivity index (χ3n) is 6.08. The zero-order valence-electron chi connectivity index (χ0n) is 23.6. The van der Waals surface area contributed by atoms with Crippen LogP contribution in [0.3, 0.4) is 0 Å². The molecule has 1 aromatic heterocycles. The number of pyridine rings is 1. The van der Waals surface area contributed by atoms with Gasteiger partial charge in [0, 0.05) is 23.9 Å². The van der Waals surface area contributed by atoms with Gasteiger partial charge in [0.1, 0.15) is 17.4 Å². The molecule has 1 heterocycles. The summed E-state index contributed by atoms with van der Waals surface area (Å²) in [4.78, 5) is 37.6. The molecule has 9 nitrogen and oxygen atoms in total. The minimum absolute atomic E-state index is 0.301. The van der Waals surface area contributed by atoms with E-state index < -0.39 is 30.1 Å². The van der Waals surface area contributed by atoms with Gasteiger partial charge < -0.3 is 25.6 Å². The van der Waals surface area contributed by atoms with E-state index in [2.05, 4.69) is 15.6 Å². The zero-order valence-corrected chi connectivity index (χ0v) is 23.6. The van der Waals surface area contributed by atoms with E-state index >= 15 is 0 Å². The number of nitrogens with one attached hydrogen (secondary N) is 2. The molecule has 236 valence electrons. The number of carbonyl (C=O) groups is 3. The van der Waals surface area contributed by atoms with Crippen molar-refractivity contribution < 1.29 is 46.9 Å². The van der Waals surface area contributed by atoms with Gasteiger partial charge in [0.05, 0.1) is 19.1 Å². The first-order valence-corrected chi connectivity index (χ1v) is 13.5. The second-order valence-corrected chi connectivity index (χ2v) is 9.40. The van der Waals surface area contributed by atoms with Gasteiger partial charge in [-0.3, -0.25) is 9.59 Å². The van der Waals surface area contributed by atoms with Crippen molar-refractivity contribution in [2.75, 3.05) is 18.5 Å². The van der Waals surface area contributed by atoms with Crippen LogP contribution < -0.4 is 15.4 Å². The van der Waals surface area contributed by atoms with Gasteiger partial charge in [-0.2, -0.15) is 13.2 Å². The molecule has 0 aliphatic carbocycles. The number of carbonyl (C=O) groups excluding carboxylic acids is 1. The SMILES string of the molecule is O=C(O)C(F)(F)F.O=C(O)CC(NC(=O)c1cccc(OCCCNc2ccccn2)c1)c1ccc(-c2ccccc2F)cc1. The largest absolute Gasteiger partial charge is 0.494 e. The molecule has 1 atom stereocenters. The third-order valence-corrected chi connectivity index (χ3v) is 6.08. The average molecular weight is 628 g/mol. The van der Waals surface area contributed by atoms with E-state index in [1.807, 2.05) is 18.2 Å². The van der Waals surface area contributed by atoms with E-state index in [0.29, 0.717) is 41.2 Å². The quantitative estimate of drug-likeness (QED) is 0.105. The van der Waals surface area contributed by atoms with Gasteiger partial charge >= 0.3 is 18.1 Å². The molecule has 45 heavy (non-hydrogen) atoms. The molecule has 1 amide bonds. The second kappa shape index (κ2) is 16.4. The lowest BCUT2D eigenvalue weighted by molar-refractivity contribution is -0.192. The van der Waals surface area contributed by atoms with Gasteiger partial charge in [-0.25, -0.2) is 14.2 Å². The molecular formula is C32H29F4N3O6. The second-order valence-electron chi connectivity index (χ2n) is 9.40. The van der Waals surface area contributed by atoms with Crippen molar-refractivity contribution in [3.8, 4) is 16.9 Å². The molecule has 4 N–H and O–H groups in total. The van der Waals surface area contributed by atoms with Crippen LogP contribution in [0.4, 0.5) is 23.4 Å². The summed E-state index contributed by atoms with van der Waals surface area (Å²) < 4.78 is 51.7. The first-order chi connectivity index (χ1) is 21.4. The number of carboxylic acid groups (broad SMARTS) is 2. The van der Waals surface area contributed by atoms with Crippen molar-refractivity contribution in [1.29, 1.82) is 0 Å². The Labute approximate surface area is 255 Å². The van der Waals surface area contributed by atoms with Crippen LogP contribution >= 0.6 is 0 Å². The lowest BCUT2D eigenvalue weighted by atomic mass is 9.98. The number of anilines is 1. The van der Waals surface area contributed by atoms with Crippen LogP contribution in [0.25, 0.3) is 11.1 Å². The maximum Gasteiger partial charge on any atom is 0.490 e. The van der Waals surface area contributed by atoms with Crippen LogP contribution in [0.2, 0.25) is 0 Å². The number of rotatable bonds is 12. The molecule has 0 fully saturated rings.